The summed E-state index contributed by atoms with van der Waals surface area (Å²) < 4.78 is 3.59. The topological polar surface area (TPSA) is 26.9 Å². The Morgan fingerprint density at radius 2 is 1.64 bits per heavy atom. The van der Waals surface area contributed by atoms with Crippen molar-refractivity contribution in [3.05, 3.63) is 22.9 Å². The van der Waals surface area contributed by atoms with E-state index in [1.807, 2.05) is 17.0 Å². The molecule has 3 heteroatoms. The van der Waals surface area contributed by atoms with Gasteiger partial charge in [-0.05, 0) is 12.8 Å². The Hall–Kier alpha value is -0.990. The molecule has 0 spiro atoms. The summed E-state index contributed by atoms with van der Waals surface area (Å²) in [5.41, 5.74) is 0.142. The number of aromatic nitrogens is 2. The lowest BCUT2D eigenvalue weighted by Crippen LogP contribution is -2.23. The Kier molecular flexibility index (Phi) is 4.50. The van der Waals surface area contributed by atoms with E-state index >= 15 is 0 Å². The van der Waals surface area contributed by atoms with Crippen LogP contribution in [0.3, 0.4) is 0 Å². The normalized spacial score (nSPS) is 10.7. The Balaban J connectivity index is 2.56. The van der Waals surface area contributed by atoms with Crippen LogP contribution in [0.15, 0.2) is 17.2 Å². The first-order chi connectivity index (χ1) is 6.79. The molecule has 0 fully saturated rings. The third kappa shape index (κ3) is 2.76. The number of hydrogen-bond donors (Lipinski definition) is 0. The maximum atomic E-state index is 11.7. The minimum atomic E-state index is 0.142. The fraction of sp³-hybridized carbons (Fsp3) is 0.727. The summed E-state index contributed by atoms with van der Waals surface area (Å²) >= 11 is 0. The number of aryl methyl sites for hydroxylation is 2. The molecule has 0 radical (unpaired) electrons. The van der Waals surface area contributed by atoms with E-state index in [2.05, 4.69) is 13.8 Å². The van der Waals surface area contributed by atoms with Crippen molar-refractivity contribution in [1.29, 1.82) is 0 Å². The molecule has 0 aliphatic carbocycles. The quantitative estimate of drug-likeness (QED) is 0.641. The summed E-state index contributed by atoms with van der Waals surface area (Å²) in [4.78, 5) is 11.7. The van der Waals surface area contributed by atoms with Gasteiger partial charge in [-0.25, -0.2) is 4.79 Å². The highest BCUT2D eigenvalue weighted by Crippen LogP contribution is 1.97. The summed E-state index contributed by atoms with van der Waals surface area (Å²) in [6.07, 6.45) is 8.30. The zero-order chi connectivity index (χ0) is 10.4. The van der Waals surface area contributed by atoms with Gasteiger partial charge in [-0.2, -0.15) is 0 Å². The van der Waals surface area contributed by atoms with E-state index in [1.165, 1.54) is 12.8 Å². The first-order valence-electron chi connectivity index (χ1n) is 5.55. The summed E-state index contributed by atoms with van der Waals surface area (Å²) in [7, 11) is 0. The van der Waals surface area contributed by atoms with E-state index in [4.69, 9.17) is 0 Å². The fourth-order valence-electron chi connectivity index (χ4n) is 1.57. The molecule has 1 aromatic heterocycles. The highest BCUT2D eigenvalue weighted by atomic mass is 16.1. The third-order valence-corrected chi connectivity index (χ3v) is 2.39. The van der Waals surface area contributed by atoms with Gasteiger partial charge in [-0.15, -0.1) is 0 Å². The van der Waals surface area contributed by atoms with Crippen molar-refractivity contribution in [2.45, 2.75) is 52.6 Å². The van der Waals surface area contributed by atoms with Gasteiger partial charge >= 0.3 is 5.69 Å². The number of hydrogen-bond acceptors (Lipinski definition) is 1. The van der Waals surface area contributed by atoms with Gasteiger partial charge < -0.3 is 0 Å². The molecule has 14 heavy (non-hydrogen) atoms. The van der Waals surface area contributed by atoms with Crippen molar-refractivity contribution in [2.24, 2.45) is 0 Å². The Morgan fingerprint density at radius 3 is 2.21 bits per heavy atom. The fourth-order valence-corrected chi connectivity index (χ4v) is 1.57. The van der Waals surface area contributed by atoms with Crippen LogP contribution in [0.1, 0.15) is 39.5 Å². The highest BCUT2D eigenvalue weighted by Gasteiger charge is 2.00. The van der Waals surface area contributed by atoms with E-state index < -0.39 is 0 Å². The molecule has 1 aromatic rings. The molecule has 80 valence electrons. The number of unbranched alkanes of at least 4 members (excludes halogenated alkanes) is 2. The molecule has 1 heterocycles. The summed E-state index contributed by atoms with van der Waals surface area (Å²) in [5.74, 6) is 0. The van der Waals surface area contributed by atoms with Crippen molar-refractivity contribution < 1.29 is 0 Å². The minimum Gasteiger partial charge on any atom is -0.299 e. The van der Waals surface area contributed by atoms with Crippen LogP contribution >= 0.6 is 0 Å². The van der Waals surface area contributed by atoms with Crippen LogP contribution in [0, 0.1) is 0 Å². The van der Waals surface area contributed by atoms with Gasteiger partial charge in [0.1, 0.15) is 0 Å². The molecular weight excluding hydrogens is 176 g/mol. The van der Waals surface area contributed by atoms with Crippen LogP contribution in [0.2, 0.25) is 0 Å². The predicted molar refractivity (Wildman–Crippen MR) is 58.5 cm³/mol. The second-order valence-corrected chi connectivity index (χ2v) is 3.67. The number of imidazole rings is 1. The molecule has 0 saturated heterocycles. The molecule has 0 aromatic carbocycles. The van der Waals surface area contributed by atoms with E-state index in [0.717, 1.165) is 25.9 Å². The standard InChI is InChI=1S/C11H20N2O/c1-3-5-6-8-13-10-9-12(7-4-2)11(13)14/h9-10H,3-8H2,1-2H3. The van der Waals surface area contributed by atoms with Crippen molar-refractivity contribution in [3.8, 4) is 0 Å². The number of rotatable bonds is 6. The molecule has 3 nitrogen and oxygen atoms in total. The van der Waals surface area contributed by atoms with Gasteiger partial charge in [0.2, 0.25) is 0 Å². The molecule has 0 amide bonds. The zero-order valence-electron chi connectivity index (χ0n) is 9.20. The van der Waals surface area contributed by atoms with Crippen molar-refractivity contribution in [1.82, 2.24) is 9.13 Å². The van der Waals surface area contributed by atoms with E-state index in [-0.39, 0.29) is 5.69 Å². The van der Waals surface area contributed by atoms with Crippen LogP contribution in [0.25, 0.3) is 0 Å². The van der Waals surface area contributed by atoms with Gasteiger partial charge in [0.25, 0.3) is 0 Å². The first kappa shape index (κ1) is 11.1. The van der Waals surface area contributed by atoms with E-state index in [0.29, 0.717) is 0 Å². The largest absolute Gasteiger partial charge is 0.328 e. The summed E-state index contributed by atoms with van der Waals surface area (Å²) in [6.45, 7) is 5.95. The van der Waals surface area contributed by atoms with Crippen LogP contribution in [-0.4, -0.2) is 9.13 Å². The van der Waals surface area contributed by atoms with Crippen molar-refractivity contribution >= 4 is 0 Å². The molecule has 1 rings (SSSR count). The Labute approximate surface area is 85.4 Å². The molecule has 0 saturated carbocycles. The predicted octanol–water partition coefficient (Wildman–Crippen LogP) is 2.25. The highest BCUT2D eigenvalue weighted by molar-refractivity contribution is 4.81. The van der Waals surface area contributed by atoms with Gasteiger partial charge in [0.15, 0.2) is 0 Å². The molecule has 0 N–H and O–H groups in total. The average molecular weight is 196 g/mol. The molecule has 0 unspecified atom stereocenters. The maximum Gasteiger partial charge on any atom is 0.328 e. The molecule has 0 atom stereocenters. The summed E-state index contributed by atoms with van der Waals surface area (Å²) in [6, 6.07) is 0. The van der Waals surface area contributed by atoms with Crippen molar-refractivity contribution in [2.75, 3.05) is 0 Å². The summed E-state index contributed by atoms with van der Waals surface area (Å²) in [5, 5.41) is 0. The van der Waals surface area contributed by atoms with Gasteiger partial charge in [-0.1, -0.05) is 26.7 Å². The molecule has 0 aliphatic rings. The zero-order valence-corrected chi connectivity index (χ0v) is 9.20. The first-order valence-corrected chi connectivity index (χ1v) is 5.55. The lowest BCUT2D eigenvalue weighted by molar-refractivity contribution is 0.562. The Bertz CT molecular complexity index is 311. The Morgan fingerprint density at radius 1 is 1.00 bits per heavy atom. The van der Waals surface area contributed by atoms with Crippen LogP contribution < -0.4 is 5.69 Å². The van der Waals surface area contributed by atoms with Gasteiger partial charge in [0, 0.05) is 25.5 Å². The maximum absolute atomic E-state index is 11.7. The lowest BCUT2D eigenvalue weighted by Gasteiger charge is -2.00. The van der Waals surface area contributed by atoms with Gasteiger partial charge in [-0.3, -0.25) is 9.13 Å². The molecular formula is C11H20N2O. The van der Waals surface area contributed by atoms with E-state index in [9.17, 15) is 4.79 Å². The minimum absolute atomic E-state index is 0.142. The smallest absolute Gasteiger partial charge is 0.299 e. The second-order valence-electron chi connectivity index (χ2n) is 3.67. The third-order valence-electron chi connectivity index (χ3n) is 2.39. The molecule has 0 aliphatic heterocycles. The van der Waals surface area contributed by atoms with Crippen molar-refractivity contribution in [3.63, 3.8) is 0 Å². The lowest BCUT2D eigenvalue weighted by atomic mass is 10.2. The SMILES string of the molecule is CCCCCn1ccn(CCC)c1=O. The second kappa shape index (κ2) is 5.68. The van der Waals surface area contributed by atoms with E-state index in [1.54, 1.807) is 4.57 Å². The van der Waals surface area contributed by atoms with Crippen LogP contribution in [0.4, 0.5) is 0 Å². The monoisotopic (exact) mass is 196 g/mol. The molecule has 0 bridgehead atoms. The average Bonchev–Trinajstić information content (AvgIpc) is 2.51. The number of nitrogens with zero attached hydrogens (tertiary/aromatic N) is 2. The van der Waals surface area contributed by atoms with Crippen LogP contribution in [0.5, 0.6) is 0 Å². The van der Waals surface area contributed by atoms with Crippen LogP contribution in [-0.2, 0) is 13.1 Å². The van der Waals surface area contributed by atoms with Gasteiger partial charge in [0.05, 0.1) is 0 Å².